The molecule has 0 aromatic carbocycles. The molecule has 1 atom stereocenters. The van der Waals surface area contributed by atoms with Crippen LogP contribution in [0, 0.1) is 5.92 Å². The molecule has 8 nitrogen and oxygen atoms in total. The Kier molecular flexibility index (Phi) is 13.0. The summed E-state index contributed by atoms with van der Waals surface area (Å²) in [7, 11) is 0.662. The van der Waals surface area contributed by atoms with E-state index in [2.05, 4.69) is 28.4 Å². The van der Waals surface area contributed by atoms with Gasteiger partial charge in [0, 0.05) is 48.8 Å². The molecule has 0 radical (unpaired) electrons. The van der Waals surface area contributed by atoms with Crippen LogP contribution < -0.4 is 9.64 Å². The normalized spacial score (nSPS) is 17.6. The van der Waals surface area contributed by atoms with E-state index < -0.39 is 22.5 Å². The van der Waals surface area contributed by atoms with Crippen LogP contribution in [0.4, 0.5) is 14.7 Å². The predicted octanol–water partition coefficient (Wildman–Crippen LogP) is 5.89. The molecule has 41 heavy (non-hydrogen) atoms. The predicted molar refractivity (Wildman–Crippen MR) is 162 cm³/mol. The second-order valence-electron chi connectivity index (χ2n) is 10.4. The molecule has 1 aliphatic carbocycles. The van der Waals surface area contributed by atoms with E-state index in [0.717, 1.165) is 43.8 Å². The quantitative estimate of drug-likeness (QED) is 0.236. The minimum atomic E-state index is -1.02. The Morgan fingerprint density at radius 1 is 1.17 bits per heavy atom. The Labute approximate surface area is 245 Å². The topological polar surface area (TPSA) is 80.1 Å². The Morgan fingerprint density at radius 2 is 1.88 bits per heavy atom. The van der Waals surface area contributed by atoms with Crippen LogP contribution in [0.3, 0.4) is 0 Å². The Balaban J connectivity index is 1.95. The van der Waals surface area contributed by atoms with Crippen molar-refractivity contribution in [2.75, 3.05) is 56.8 Å². The first-order valence-electron chi connectivity index (χ1n) is 14.2. The number of aliphatic imine (C=N–C) groups is 1. The van der Waals surface area contributed by atoms with Crippen molar-refractivity contribution in [3.8, 4) is 5.75 Å². The summed E-state index contributed by atoms with van der Waals surface area (Å²) in [6.45, 7) is 9.92. The van der Waals surface area contributed by atoms with E-state index in [4.69, 9.17) is 14.5 Å². The molecule has 2 heterocycles. The molecule has 2 aliphatic rings. The molecule has 0 saturated heterocycles. The first-order chi connectivity index (χ1) is 19.7. The number of nitrogens with zero attached hydrogens (tertiary/aromatic N) is 5. The number of hydrogen-bond acceptors (Lipinski definition) is 8. The van der Waals surface area contributed by atoms with E-state index in [-0.39, 0.29) is 13.2 Å². The molecule has 0 amide bonds. The van der Waals surface area contributed by atoms with Gasteiger partial charge in [0.25, 0.3) is 0 Å². The summed E-state index contributed by atoms with van der Waals surface area (Å²) in [5, 5.41) is 0. The van der Waals surface area contributed by atoms with Crippen molar-refractivity contribution in [1.29, 1.82) is 0 Å². The number of anilines is 1. The van der Waals surface area contributed by atoms with Crippen molar-refractivity contribution in [3.05, 3.63) is 59.7 Å². The molecule has 1 saturated carbocycles. The number of aromatic nitrogens is 2. The van der Waals surface area contributed by atoms with Crippen LogP contribution >= 0.6 is 0 Å². The summed E-state index contributed by atoms with van der Waals surface area (Å²) in [5.74, 6) is 0.591. The van der Waals surface area contributed by atoms with Crippen molar-refractivity contribution < 1.29 is 22.5 Å². The molecule has 1 aliphatic heterocycles. The van der Waals surface area contributed by atoms with Crippen molar-refractivity contribution in [3.63, 3.8) is 0 Å². The largest absolute Gasteiger partial charge is 0.489 e. The molecular formula is C30H43F2N5O3S. The second-order valence-corrected chi connectivity index (χ2v) is 11.9. The number of ether oxygens (including phenoxy) is 2. The van der Waals surface area contributed by atoms with Crippen molar-refractivity contribution in [2.45, 2.75) is 52.4 Å². The van der Waals surface area contributed by atoms with Gasteiger partial charge in [0.2, 0.25) is 5.95 Å². The maximum absolute atomic E-state index is 14.3. The van der Waals surface area contributed by atoms with Crippen LogP contribution in [0.25, 0.3) is 0 Å². The highest BCUT2D eigenvalue weighted by atomic mass is 32.2. The van der Waals surface area contributed by atoms with Gasteiger partial charge in [0.1, 0.15) is 0 Å². The van der Waals surface area contributed by atoms with Crippen LogP contribution in [-0.2, 0) is 15.5 Å². The van der Waals surface area contributed by atoms with Gasteiger partial charge >= 0.3 is 0 Å². The van der Waals surface area contributed by atoms with Gasteiger partial charge in [0.15, 0.2) is 23.3 Å². The average molecular weight is 592 g/mol. The van der Waals surface area contributed by atoms with Gasteiger partial charge < -0.3 is 19.3 Å². The highest BCUT2D eigenvalue weighted by Gasteiger charge is 2.26. The van der Waals surface area contributed by atoms with Gasteiger partial charge in [-0.15, -0.1) is 0 Å². The molecule has 3 rings (SSSR count). The highest BCUT2D eigenvalue weighted by molar-refractivity contribution is 7.84. The third kappa shape index (κ3) is 10.1. The molecule has 1 aromatic rings. The summed E-state index contributed by atoms with van der Waals surface area (Å²) in [5.41, 5.74) is 2.59. The monoisotopic (exact) mass is 591 g/mol. The van der Waals surface area contributed by atoms with Gasteiger partial charge in [-0.3, -0.25) is 4.21 Å². The van der Waals surface area contributed by atoms with Crippen LogP contribution in [0.1, 0.15) is 52.4 Å². The lowest BCUT2D eigenvalue weighted by atomic mass is 10.0. The number of methoxy groups -OCH3 is 1. The molecule has 11 heteroatoms. The molecule has 1 fully saturated rings. The summed E-state index contributed by atoms with van der Waals surface area (Å²) in [4.78, 5) is 18.2. The smallest absolute Gasteiger partial charge is 0.226 e. The Morgan fingerprint density at radius 3 is 2.49 bits per heavy atom. The number of rotatable bonds is 15. The van der Waals surface area contributed by atoms with Crippen LogP contribution in [0.5, 0.6) is 5.75 Å². The van der Waals surface area contributed by atoms with E-state index in [1.807, 2.05) is 4.90 Å². The van der Waals surface area contributed by atoms with Gasteiger partial charge in [-0.25, -0.2) is 23.7 Å². The fraction of sp³-hybridized carbons (Fsp3) is 0.567. The van der Waals surface area contributed by atoms with Crippen molar-refractivity contribution in [2.24, 2.45) is 10.9 Å². The minimum absolute atomic E-state index is 0.232. The van der Waals surface area contributed by atoms with Gasteiger partial charge in [-0.2, -0.15) is 0 Å². The van der Waals surface area contributed by atoms with E-state index in [0.29, 0.717) is 41.4 Å². The lowest BCUT2D eigenvalue weighted by molar-refractivity contribution is 0.282. The van der Waals surface area contributed by atoms with Crippen molar-refractivity contribution in [1.82, 2.24) is 14.9 Å². The Bertz CT molecular complexity index is 1180. The lowest BCUT2D eigenvalue weighted by Gasteiger charge is -2.34. The average Bonchev–Trinajstić information content (AvgIpc) is 3.48. The van der Waals surface area contributed by atoms with E-state index >= 15 is 0 Å². The van der Waals surface area contributed by atoms with E-state index in [1.54, 1.807) is 32.7 Å². The van der Waals surface area contributed by atoms with Crippen LogP contribution in [0.2, 0.25) is 0 Å². The minimum Gasteiger partial charge on any atom is -0.489 e. The van der Waals surface area contributed by atoms with Crippen LogP contribution in [0.15, 0.2) is 64.7 Å². The molecular weight excluding hydrogens is 548 g/mol. The third-order valence-corrected chi connectivity index (χ3v) is 7.96. The standard InChI is InChI=1S/C30H43F2N5O3S/c1-6-25(31)26(32)16-22(3)19-37(30-33-17-24(18-34-30)40-14-15-41(5)38)21-27-28(12-13-29(35-27)39-4)36(7-2)20-23-10-8-9-11-23/h6,16-18,23H,1,7-15,19-21H2,2-5H3/b22-16+,26-25-/t41-/m1/s1. The third-order valence-electron chi connectivity index (χ3n) is 7.22. The fourth-order valence-corrected chi connectivity index (χ4v) is 5.44. The zero-order chi connectivity index (χ0) is 29.8. The molecule has 226 valence electrons. The summed E-state index contributed by atoms with van der Waals surface area (Å²) in [6, 6.07) is 0. The molecule has 1 aromatic heterocycles. The van der Waals surface area contributed by atoms with Gasteiger partial charge in [-0.05, 0) is 51.2 Å². The maximum Gasteiger partial charge on any atom is 0.226 e. The number of hydrogen-bond donors (Lipinski definition) is 0. The highest BCUT2D eigenvalue weighted by Crippen LogP contribution is 2.31. The Hall–Kier alpha value is -3.08. The summed E-state index contributed by atoms with van der Waals surface area (Å²) >= 11 is 0. The molecule has 0 N–H and O–H groups in total. The summed E-state index contributed by atoms with van der Waals surface area (Å²) < 4.78 is 50.6. The van der Waals surface area contributed by atoms with Crippen LogP contribution in [-0.4, -0.2) is 76.9 Å². The molecule has 0 bridgehead atoms. The first-order valence-corrected chi connectivity index (χ1v) is 15.9. The zero-order valence-electron chi connectivity index (χ0n) is 24.7. The van der Waals surface area contributed by atoms with E-state index in [9.17, 15) is 13.0 Å². The van der Waals surface area contributed by atoms with Gasteiger partial charge in [-0.1, -0.05) is 25.0 Å². The van der Waals surface area contributed by atoms with Crippen molar-refractivity contribution >= 4 is 22.6 Å². The second kappa shape index (κ2) is 16.4. The maximum atomic E-state index is 14.3. The molecule has 0 unspecified atom stereocenters. The first kappa shape index (κ1) is 32.4. The summed E-state index contributed by atoms with van der Waals surface area (Å²) in [6.07, 6.45) is 13.3. The zero-order valence-corrected chi connectivity index (χ0v) is 25.5. The number of halogens is 2. The number of allylic oxidation sites excluding steroid dienone is 5. The van der Waals surface area contributed by atoms with E-state index in [1.165, 1.54) is 31.4 Å². The molecule has 0 spiro atoms. The fourth-order valence-electron chi connectivity index (χ4n) is 5.12. The van der Waals surface area contributed by atoms with Gasteiger partial charge in [0.05, 0.1) is 44.1 Å². The lowest BCUT2D eigenvalue weighted by Crippen LogP contribution is -2.35. The SMILES string of the molecule is C=C/C(F)=C(F)\C=C(/C)CN(CC1=C(N(CC)CC2CCCC2)CCC(OC)=N1)c1ncc(OCC[S@@](C)=O)cn1.